The minimum absolute atomic E-state index is 0.105. The van der Waals surface area contributed by atoms with E-state index in [0.29, 0.717) is 28.1 Å². The van der Waals surface area contributed by atoms with Gasteiger partial charge in [0, 0.05) is 23.0 Å². The first-order valence-corrected chi connectivity index (χ1v) is 10.3. The van der Waals surface area contributed by atoms with Gasteiger partial charge >= 0.3 is 0 Å². The molecule has 144 valence electrons. The van der Waals surface area contributed by atoms with Gasteiger partial charge in [0.25, 0.3) is 0 Å². The maximum atomic E-state index is 12.7. The largest absolute Gasteiger partial charge is 0.330 e. The fourth-order valence-corrected chi connectivity index (χ4v) is 3.98. The Morgan fingerprint density at radius 2 is 2.15 bits per heavy atom. The first kappa shape index (κ1) is 20.0. The van der Waals surface area contributed by atoms with Gasteiger partial charge in [-0.1, -0.05) is 35.1 Å². The van der Waals surface area contributed by atoms with Crippen LogP contribution in [0.25, 0.3) is 10.6 Å². The van der Waals surface area contributed by atoms with Crippen LogP contribution in [0.15, 0.2) is 24.3 Å². The Bertz CT molecular complexity index is 855. The predicted molar refractivity (Wildman–Crippen MR) is 108 cm³/mol. The molecule has 1 aliphatic rings. The minimum atomic E-state index is -0.701. The summed E-state index contributed by atoms with van der Waals surface area (Å²) in [6, 6.07) is 6.77. The topological polar surface area (TPSA) is 75.2 Å². The zero-order valence-electron chi connectivity index (χ0n) is 15.0. The zero-order chi connectivity index (χ0) is 19.6. The molecule has 1 aromatic heterocycles. The lowest BCUT2D eigenvalue weighted by Crippen LogP contribution is -2.48. The van der Waals surface area contributed by atoms with Crippen LogP contribution in [0.3, 0.4) is 0 Å². The van der Waals surface area contributed by atoms with Crippen molar-refractivity contribution < 1.29 is 9.59 Å². The first-order chi connectivity index (χ1) is 12.8. The van der Waals surface area contributed by atoms with E-state index in [9.17, 15) is 9.59 Å². The highest BCUT2D eigenvalue weighted by molar-refractivity contribution is 7.18. The van der Waals surface area contributed by atoms with Gasteiger partial charge < -0.3 is 4.90 Å². The quantitative estimate of drug-likeness (QED) is 0.731. The van der Waals surface area contributed by atoms with Gasteiger partial charge in [0.05, 0.1) is 5.41 Å². The number of anilines is 1. The third-order valence-corrected chi connectivity index (χ3v) is 6.25. The van der Waals surface area contributed by atoms with E-state index in [2.05, 4.69) is 15.5 Å². The SMILES string of the molecule is CC(C)(CCl)C(=O)N1CCCC1C(=O)Nc1nnc(-c2cccc(Cl)c2)s1. The molecule has 1 aromatic carbocycles. The van der Waals surface area contributed by atoms with Crippen LogP contribution in [0.5, 0.6) is 0 Å². The molecule has 1 fully saturated rings. The second-order valence-corrected chi connectivity index (χ2v) is 8.77. The van der Waals surface area contributed by atoms with E-state index in [4.69, 9.17) is 23.2 Å². The number of hydrogen-bond donors (Lipinski definition) is 1. The molecule has 2 heterocycles. The van der Waals surface area contributed by atoms with Crippen molar-refractivity contribution in [1.82, 2.24) is 15.1 Å². The smallest absolute Gasteiger partial charge is 0.249 e. The van der Waals surface area contributed by atoms with Crippen molar-refractivity contribution in [3.8, 4) is 10.6 Å². The van der Waals surface area contributed by atoms with Crippen LogP contribution < -0.4 is 5.32 Å². The molecule has 2 aromatic rings. The third-order valence-electron chi connectivity index (χ3n) is 4.46. The van der Waals surface area contributed by atoms with Gasteiger partial charge in [-0.25, -0.2) is 0 Å². The number of alkyl halides is 1. The standard InChI is InChI=1S/C18H20Cl2N4O2S/c1-18(2,10-19)16(26)24-8-4-7-13(24)14(25)21-17-23-22-15(27-17)11-5-3-6-12(20)9-11/h3,5-6,9,13H,4,7-8,10H2,1-2H3,(H,21,23,25). The molecule has 1 N–H and O–H groups in total. The number of aromatic nitrogens is 2. The highest BCUT2D eigenvalue weighted by Crippen LogP contribution is 2.30. The van der Waals surface area contributed by atoms with E-state index in [1.165, 1.54) is 11.3 Å². The molecule has 0 radical (unpaired) electrons. The normalized spacial score (nSPS) is 17.2. The summed E-state index contributed by atoms with van der Waals surface area (Å²) in [5, 5.41) is 12.6. The fraction of sp³-hybridized carbons (Fsp3) is 0.444. The third kappa shape index (κ3) is 4.42. The summed E-state index contributed by atoms with van der Waals surface area (Å²) in [7, 11) is 0. The van der Waals surface area contributed by atoms with E-state index in [1.54, 1.807) is 30.9 Å². The van der Waals surface area contributed by atoms with Crippen molar-refractivity contribution in [2.75, 3.05) is 17.7 Å². The number of benzene rings is 1. The molecule has 0 aliphatic carbocycles. The van der Waals surface area contributed by atoms with Crippen LogP contribution in [0.1, 0.15) is 26.7 Å². The Kier molecular flexibility index (Phi) is 6.03. The van der Waals surface area contributed by atoms with E-state index in [1.807, 2.05) is 12.1 Å². The maximum absolute atomic E-state index is 12.7. The minimum Gasteiger partial charge on any atom is -0.330 e. The van der Waals surface area contributed by atoms with E-state index in [-0.39, 0.29) is 17.7 Å². The number of amides is 2. The molecule has 0 saturated carbocycles. The molecule has 1 unspecified atom stereocenters. The summed E-state index contributed by atoms with van der Waals surface area (Å²) in [6.07, 6.45) is 1.40. The summed E-state index contributed by atoms with van der Waals surface area (Å²) < 4.78 is 0. The van der Waals surface area contributed by atoms with E-state index >= 15 is 0 Å². The molecule has 0 spiro atoms. The Labute approximate surface area is 171 Å². The molecule has 0 bridgehead atoms. The van der Waals surface area contributed by atoms with Gasteiger partial charge in [-0.05, 0) is 38.8 Å². The van der Waals surface area contributed by atoms with Crippen LogP contribution in [0.2, 0.25) is 5.02 Å². The Morgan fingerprint density at radius 3 is 2.85 bits per heavy atom. The monoisotopic (exact) mass is 426 g/mol. The summed E-state index contributed by atoms with van der Waals surface area (Å²) in [5.41, 5.74) is 0.134. The van der Waals surface area contributed by atoms with Crippen molar-refractivity contribution in [3.63, 3.8) is 0 Å². The highest BCUT2D eigenvalue weighted by Gasteiger charge is 2.40. The summed E-state index contributed by atoms with van der Waals surface area (Å²) >= 11 is 13.2. The maximum Gasteiger partial charge on any atom is 0.249 e. The first-order valence-electron chi connectivity index (χ1n) is 8.59. The fourth-order valence-electron chi connectivity index (χ4n) is 2.93. The highest BCUT2D eigenvalue weighted by atomic mass is 35.5. The van der Waals surface area contributed by atoms with Crippen LogP contribution in [-0.4, -0.2) is 45.4 Å². The number of halogens is 2. The van der Waals surface area contributed by atoms with Crippen LogP contribution in [0.4, 0.5) is 5.13 Å². The molecule has 3 rings (SSSR count). The van der Waals surface area contributed by atoms with E-state index < -0.39 is 11.5 Å². The van der Waals surface area contributed by atoms with E-state index in [0.717, 1.165) is 12.0 Å². The number of likely N-dealkylation sites (tertiary alicyclic amines) is 1. The Morgan fingerprint density at radius 1 is 1.37 bits per heavy atom. The van der Waals surface area contributed by atoms with Crippen molar-refractivity contribution in [2.24, 2.45) is 5.41 Å². The van der Waals surface area contributed by atoms with Crippen LogP contribution in [0, 0.1) is 5.41 Å². The Balaban J connectivity index is 1.71. The van der Waals surface area contributed by atoms with Gasteiger partial charge in [0.1, 0.15) is 11.0 Å². The van der Waals surface area contributed by atoms with Crippen LogP contribution in [-0.2, 0) is 9.59 Å². The van der Waals surface area contributed by atoms with Crippen molar-refractivity contribution in [3.05, 3.63) is 29.3 Å². The summed E-state index contributed by atoms with van der Waals surface area (Å²) in [5.74, 6) is -0.150. The number of hydrogen-bond acceptors (Lipinski definition) is 5. The molecule has 6 nitrogen and oxygen atoms in total. The molecule has 27 heavy (non-hydrogen) atoms. The lowest BCUT2D eigenvalue weighted by atomic mass is 9.94. The van der Waals surface area contributed by atoms with Gasteiger partial charge in [-0.3, -0.25) is 14.9 Å². The molecular formula is C18H20Cl2N4O2S. The number of rotatable bonds is 5. The van der Waals surface area contributed by atoms with Gasteiger partial charge in [0.2, 0.25) is 16.9 Å². The summed E-state index contributed by atoms with van der Waals surface area (Å²) in [4.78, 5) is 27.1. The van der Waals surface area contributed by atoms with Crippen molar-refractivity contribution in [2.45, 2.75) is 32.7 Å². The Hall–Kier alpha value is -1.70. The van der Waals surface area contributed by atoms with Crippen molar-refractivity contribution >= 4 is 51.5 Å². The molecule has 1 saturated heterocycles. The number of nitrogens with one attached hydrogen (secondary N) is 1. The number of carbonyl (C=O) groups excluding carboxylic acids is 2. The van der Waals surface area contributed by atoms with Gasteiger partial charge in [-0.15, -0.1) is 21.8 Å². The average molecular weight is 427 g/mol. The lowest BCUT2D eigenvalue weighted by Gasteiger charge is -2.31. The lowest BCUT2D eigenvalue weighted by molar-refractivity contribution is -0.143. The average Bonchev–Trinajstić information content (AvgIpc) is 3.30. The summed E-state index contributed by atoms with van der Waals surface area (Å²) in [6.45, 7) is 4.14. The second kappa shape index (κ2) is 8.12. The number of nitrogens with zero attached hydrogens (tertiary/aromatic N) is 3. The number of carbonyl (C=O) groups is 2. The van der Waals surface area contributed by atoms with Gasteiger partial charge in [-0.2, -0.15) is 0 Å². The zero-order valence-corrected chi connectivity index (χ0v) is 17.4. The molecular weight excluding hydrogens is 407 g/mol. The van der Waals surface area contributed by atoms with Crippen molar-refractivity contribution in [1.29, 1.82) is 0 Å². The van der Waals surface area contributed by atoms with Crippen LogP contribution >= 0.6 is 34.5 Å². The molecule has 2 amide bonds. The molecule has 9 heteroatoms. The molecule has 1 aliphatic heterocycles. The second-order valence-electron chi connectivity index (χ2n) is 7.09. The molecule has 1 atom stereocenters. The van der Waals surface area contributed by atoms with Gasteiger partial charge in [0.15, 0.2) is 0 Å². The predicted octanol–water partition coefficient (Wildman–Crippen LogP) is 4.05.